The first-order valence-electron chi connectivity index (χ1n) is 10.6. The van der Waals surface area contributed by atoms with Gasteiger partial charge in [0.15, 0.2) is 0 Å². The summed E-state index contributed by atoms with van der Waals surface area (Å²) in [6.07, 6.45) is -0.971. The molecule has 0 spiro atoms. The number of primary amides is 1. The van der Waals surface area contributed by atoms with Gasteiger partial charge in [0.2, 0.25) is 23.6 Å². The third kappa shape index (κ3) is 11.3. The van der Waals surface area contributed by atoms with Gasteiger partial charge in [-0.25, -0.2) is 4.79 Å². The molecule has 33 heavy (non-hydrogen) atoms. The number of hydrogen-bond acceptors (Lipinski definition) is 7. The maximum absolute atomic E-state index is 12.8. The first kappa shape index (κ1) is 29.8. The second-order valence-electron chi connectivity index (χ2n) is 8.40. The van der Waals surface area contributed by atoms with Gasteiger partial charge in [-0.15, -0.1) is 0 Å². The molecule has 13 heteroatoms. The summed E-state index contributed by atoms with van der Waals surface area (Å²) >= 11 is 0. The average molecular weight is 474 g/mol. The maximum Gasteiger partial charge on any atom is 0.326 e. The third-order valence-electron chi connectivity index (χ3n) is 4.80. The lowest BCUT2D eigenvalue weighted by Crippen LogP contribution is -2.59. The highest BCUT2D eigenvalue weighted by molar-refractivity contribution is 5.94. The molecule has 0 aromatic rings. The Morgan fingerprint density at radius 1 is 0.727 bits per heavy atom. The summed E-state index contributed by atoms with van der Waals surface area (Å²) in [6, 6.07) is -4.80. The molecule has 0 radical (unpaired) electrons. The molecule has 0 heterocycles. The highest BCUT2D eigenvalue weighted by atomic mass is 16.4. The van der Waals surface area contributed by atoms with Gasteiger partial charge in [-0.1, -0.05) is 27.7 Å². The molecule has 4 amide bonds. The van der Waals surface area contributed by atoms with Crippen LogP contribution in [0.3, 0.4) is 0 Å². The Balaban J connectivity index is 5.46. The number of rotatable bonds is 15. The first-order chi connectivity index (χ1) is 15.2. The van der Waals surface area contributed by atoms with Crippen molar-refractivity contribution in [2.45, 2.75) is 77.5 Å². The standard InChI is InChI=1S/C20H35N5O8/c1-9(2)15(19(31)25-16(10(3)4)20(32)33)24-18(30)12(6-7-13(22)26)23-17(29)11(21)5-8-14(27)28/h9-12,15-16H,5-8,21H2,1-4H3,(H2,22,26)(H,23,29)(H,24,30)(H,25,31)(H,27,28)(H,32,33). The Hall–Kier alpha value is -3.22. The summed E-state index contributed by atoms with van der Waals surface area (Å²) in [5.74, 6) is -6.29. The van der Waals surface area contributed by atoms with E-state index in [1.54, 1.807) is 27.7 Å². The summed E-state index contributed by atoms with van der Waals surface area (Å²) in [6.45, 7) is 6.50. The first-order valence-corrected chi connectivity index (χ1v) is 10.6. The minimum Gasteiger partial charge on any atom is -0.481 e. The van der Waals surface area contributed by atoms with Crippen LogP contribution in [0.25, 0.3) is 0 Å². The molecule has 0 aliphatic rings. The lowest BCUT2D eigenvalue weighted by molar-refractivity contribution is -0.144. The van der Waals surface area contributed by atoms with Gasteiger partial charge in [0.25, 0.3) is 0 Å². The van der Waals surface area contributed by atoms with Gasteiger partial charge >= 0.3 is 11.9 Å². The number of carbonyl (C=O) groups is 6. The SMILES string of the molecule is CC(C)C(NC(=O)C(NC(=O)C(CCC(N)=O)NC(=O)C(N)CCC(=O)O)C(C)C)C(=O)O. The van der Waals surface area contributed by atoms with Crippen molar-refractivity contribution in [2.75, 3.05) is 0 Å². The van der Waals surface area contributed by atoms with Crippen LogP contribution in [0.4, 0.5) is 0 Å². The van der Waals surface area contributed by atoms with E-state index in [-0.39, 0.29) is 25.7 Å². The molecule has 0 bridgehead atoms. The maximum atomic E-state index is 12.8. The molecule has 188 valence electrons. The number of nitrogens with two attached hydrogens (primary N) is 2. The molecule has 0 aromatic carbocycles. The number of aliphatic carboxylic acids is 2. The van der Waals surface area contributed by atoms with Crippen molar-refractivity contribution in [3.8, 4) is 0 Å². The number of hydrogen-bond donors (Lipinski definition) is 7. The smallest absolute Gasteiger partial charge is 0.326 e. The van der Waals surface area contributed by atoms with E-state index in [0.717, 1.165) is 0 Å². The summed E-state index contributed by atoms with van der Waals surface area (Å²) in [5, 5.41) is 25.2. The molecule has 4 unspecified atom stereocenters. The van der Waals surface area contributed by atoms with Crippen LogP contribution in [-0.2, 0) is 28.8 Å². The van der Waals surface area contributed by atoms with E-state index in [9.17, 15) is 33.9 Å². The molecule has 9 N–H and O–H groups in total. The Morgan fingerprint density at radius 2 is 1.24 bits per heavy atom. The number of carboxylic acid groups (broad SMARTS) is 2. The second kappa shape index (κ2) is 14.0. The van der Waals surface area contributed by atoms with Gasteiger partial charge in [-0.3, -0.25) is 24.0 Å². The highest BCUT2D eigenvalue weighted by Crippen LogP contribution is 2.08. The van der Waals surface area contributed by atoms with Gasteiger partial charge in [0, 0.05) is 12.8 Å². The van der Waals surface area contributed by atoms with Gasteiger partial charge < -0.3 is 37.6 Å². The zero-order chi connectivity index (χ0) is 25.9. The Labute approximate surface area is 192 Å². The summed E-state index contributed by atoms with van der Waals surface area (Å²) in [7, 11) is 0. The predicted octanol–water partition coefficient (Wildman–Crippen LogP) is -1.70. The van der Waals surface area contributed by atoms with Crippen molar-refractivity contribution in [1.82, 2.24) is 16.0 Å². The molecular formula is C20H35N5O8. The van der Waals surface area contributed by atoms with E-state index in [4.69, 9.17) is 16.6 Å². The minimum atomic E-state index is -1.28. The van der Waals surface area contributed by atoms with E-state index in [0.29, 0.717) is 0 Å². The monoisotopic (exact) mass is 473 g/mol. The van der Waals surface area contributed by atoms with Crippen LogP contribution in [0.2, 0.25) is 0 Å². The fourth-order valence-corrected chi connectivity index (χ4v) is 2.79. The predicted molar refractivity (Wildman–Crippen MR) is 116 cm³/mol. The molecule has 0 aliphatic carbocycles. The molecule has 0 fully saturated rings. The molecular weight excluding hydrogens is 438 g/mol. The van der Waals surface area contributed by atoms with Crippen LogP contribution in [0.5, 0.6) is 0 Å². The largest absolute Gasteiger partial charge is 0.481 e. The van der Waals surface area contributed by atoms with Gasteiger partial charge in [0.05, 0.1) is 6.04 Å². The molecule has 0 saturated carbocycles. The zero-order valence-corrected chi connectivity index (χ0v) is 19.3. The van der Waals surface area contributed by atoms with Gasteiger partial charge in [-0.05, 0) is 24.7 Å². The third-order valence-corrected chi connectivity index (χ3v) is 4.80. The second-order valence-corrected chi connectivity index (χ2v) is 8.40. The van der Waals surface area contributed by atoms with Gasteiger partial charge in [0.1, 0.15) is 18.1 Å². The molecule has 13 nitrogen and oxygen atoms in total. The molecule has 0 saturated heterocycles. The van der Waals surface area contributed by atoms with Crippen molar-refractivity contribution < 1.29 is 39.0 Å². The normalized spacial score (nSPS) is 14.6. The summed E-state index contributed by atoms with van der Waals surface area (Å²) < 4.78 is 0. The fourth-order valence-electron chi connectivity index (χ4n) is 2.79. The van der Waals surface area contributed by atoms with Gasteiger partial charge in [-0.2, -0.15) is 0 Å². The summed E-state index contributed by atoms with van der Waals surface area (Å²) in [4.78, 5) is 71.1. The molecule has 0 aromatic heterocycles. The number of carboxylic acids is 2. The van der Waals surface area contributed by atoms with Crippen LogP contribution >= 0.6 is 0 Å². The topological polar surface area (TPSA) is 231 Å². The van der Waals surface area contributed by atoms with Crippen molar-refractivity contribution >= 4 is 35.6 Å². The van der Waals surface area contributed by atoms with Crippen molar-refractivity contribution in [3.05, 3.63) is 0 Å². The van der Waals surface area contributed by atoms with E-state index >= 15 is 0 Å². The van der Waals surface area contributed by atoms with Crippen molar-refractivity contribution in [3.63, 3.8) is 0 Å². The van der Waals surface area contributed by atoms with Crippen LogP contribution < -0.4 is 27.4 Å². The van der Waals surface area contributed by atoms with Crippen LogP contribution in [0.1, 0.15) is 53.4 Å². The Kier molecular flexibility index (Phi) is 12.7. The van der Waals surface area contributed by atoms with Crippen molar-refractivity contribution in [1.29, 1.82) is 0 Å². The van der Waals surface area contributed by atoms with E-state index in [1.165, 1.54) is 0 Å². The van der Waals surface area contributed by atoms with E-state index in [1.807, 2.05) is 0 Å². The quantitative estimate of drug-likeness (QED) is 0.143. The lowest BCUT2D eigenvalue weighted by atomic mass is 9.99. The Bertz CT molecular complexity index is 740. The van der Waals surface area contributed by atoms with Crippen molar-refractivity contribution in [2.24, 2.45) is 23.3 Å². The Morgan fingerprint density at radius 3 is 1.67 bits per heavy atom. The molecule has 4 atom stereocenters. The average Bonchev–Trinajstić information content (AvgIpc) is 2.69. The minimum absolute atomic E-state index is 0.172. The van der Waals surface area contributed by atoms with Crippen LogP contribution in [0, 0.1) is 11.8 Å². The van der Waals surface area contributed by atoms with Crippen LogP contribution in [-0.4, -0.2) is 69.9 Å². The number of amides is 4. The zero-order valence-electron chi connectivity index (χ0n) is 19.3. The highest BCUT2D eigenvalue weighted by Gasteiger charge is 2.32. The lowest BCUT2D eigenvalue weighted by Gasteiger charge is -2.27. The summed E-state index contributed by atoms with van der Waals surface area (Å²) in [5.41, 5.74) is 10.8. The molecule has 0 rings (SSSR count). The van der Waals surface area contributed by atoms with E-state index in [2.05, 4.69) is 16.0 Å². The molecule has 0 aliphatic heterocycles. The fraction of sp³-hybridized carbons (Fsp3) is 0.700. The van der Waals surface area contributed by atoms with Crippen LogP contribution in [0.15, 0.2) is 0 Å². The number of nitrogens with one attached hydrogen (secondary N) is 3. The van der Waals surface area contributed by atoms with E-state index < -0.39 is 71.6 Å². The number of carbonyl (C=O) groups excluding carboxylic acids is 4.